The summed E-state index contributed by atoms with van der Waals surface area (Å²) in [4.78, 5) is 11.2. The van der Waals surface area contributed by atoms with Crippen molar-refractivity contribution in [2.45, 2.75) is 6.92 Å². The third-order valence-corrected chi connectivity index (χ3v) is 3.13. The number of aryl methyl sites for hydroxylation is 1. The zero-order valence-corrected chi connectivity index (χ0v) is 9.95. The van der Waals surface area contributed by atoms with E-state index < -0.39 is 0 Å². The summed E-state index contributed by atoms with van der Waals surface area (Å²) in [6.45, 7) is 1.91. The number of carbonyl (C=O) groups is 1. The summed E-state index contributed by atoms with van der Waals surface area (Å²) < 4.78 is 5.64. The SMILES string of the molecule is Cc1ccc(C#N)cc1Oc1ccc(C=O)s1. The van der Waals surface area contributed by atoms with Crippen LogP contribution in [0.4, 0.5) is 0 Å². The summed E-state index contributed by atoms with van der Waals surface area (Å²) >= 11 is 1.28. The van der Waals surface area contributed by atoms with E-state index in [1.807, 2.05) is 13.0 Å². The summed E-state index contributed by atoms with van der Waals surface area (Å²) in [6.07, 6.45) is 0.788. The van der Waals surface area contributed by atoms with Crippen LogP contribution < -0.4 is 4.74 Å². The Bertz CT molecular complexity index is 596. The van der Waals surface area contributed by atoms with E-state index in [0.717, 1.165) is 11.8 Å². The molecule has 0 saturated heterocycles. The van der Waals surface area contributed by atoms with Gasteiger partial charge in [0.25, 0.3) is 0 Å². The molecule has 3 nitrogen and oxygen atoms in total. The van der Waals surface area contributed by atoms with Crippen LogP contribution in [0.15, 0.2) is 30.3 Å². The van der Waals surface area contributed by atoms with Crippen molar-refractivity contribution in [3.63, 3.8) is 0 Å². The lowest BCUT2D eigenvalue weighted by Gasteiger charge is -2.06. The predicted octanol–water partition coefficient (Wildman–Crippen LogP) is 3.53. The number of nitriles is 1. The molecule has 0 aliphatic heterocycles. The normalized spacial score (nSPS) is 9.65. The van der Waals surface area contributed by atoms with Crippen molar-refractivity contribution in [2.24, 2.45) is 0 Å². The number of hydrogen-bond donors (Lipinski definition) is 0. The molecule has 84 valence electrons. The summed E-state index contributed by atoms with van der Waals surface area (Å²) in [6, 6.07) is 10.8. The molecule has 0 spiro atoms. The third kappa shape index (κ3) is 2.52. The molecule has 1 aromatic carbocycles. The summed E-state index contributed by atoms with van der Waals surface area (Å²) in [7, 11) is 0. The molecule has 0 amide bonds. The smallest absolute Gasteiger partial charge is 0.181 e. The first-order valence-electron chi connectivity index (χ1n) is 4.96. The van der Waals surface area contributed by atoms with Crippen molar-refractivity contribution in [3.05, 3.63) is 46.3 Å². The van der Waals surface area contributed by atoms with E-state index in [1.54, 1.807) is 24.3 Å². The first-order valence-corrected chi connectivity index (χ1v) is 5.78. The first kappa shape index (κ1) is 11.4. The molecule has 0 radical (unpaired) electrons. The van der Waals surface area contributed by atoms with E-state index in [2.05, 4.69) is 6.07 Å². The second-order valence-electron chi connectivity index (χ2n) is 3.47. The zero-order chi connectivity index (χ0) is 12.3. The lowest BCUT2D eigenvalue weighted by Crippen LogP contribution is -1.86. The number of carbonyl (C=O) groups excluding carboxylic acids is 1. The van der Waals surface area contributed by atoms with Gasteiger partial charge in [0, 0.05) is 0 Å². The van der Waals surface area contributed by atoms with Crippen molar-refractivity contribution in [1.29, 1.82) is 5.26 Å². The van der Waals surface area contributed by atoms with E-state index in [9.17, 15) is 4.79 Å². The number of hydrogen-bond acceptors (Lipinski definition) is 4. The van der Waals surface area contributed by atoms with Crippen LogP contribution in [0.5, 0.6) is 10.8 Å². The van der Waals surface area contributed by atoms with E-state index in [-0.39, 0.29) is 0 Å². The minimum absolute atomic E-state index is 0.553. The Morgan fingerprint density at radius 3 is 2.82 bits per heavy atom. The van der Waals surface area contributed by atoms with Crippen LogP contribution in [0.3, 0.4) is 0 Å². The molecular weight excluding hydrogens is 234 g/mol. The molecule has 0 aliphatic rings. The quantitative estimate of drug-likeness (QED) is 0.775. The Kier molecular flexibility index (Phi) is 3.22. The molecule has 1 aromatic heterocycles. The number of ether oxygens (including phenoxy) is 1. The van der Waals surface area contributed by atoms with Gasteiger partial charge in [-0.15, -0.1) is 0 Å². The minimum atomic E-state index is 0.553. The van der Waals surface area contributed by atoms with Gasteiger partial charge in [-0.25, -0.2) is 0 Å². The topological polar surface area (TPSA) is 50.1 Å². The Morgan fingerprint density at radius 2 is 2.18 bits per heavy atom. The van der Waals surface area contributed by atoms with Crippen molar-refractivity contribution in [2.75, 3.05) is 0 Å². The maximum absolute atomic E-state index is 10.6. The van der Waals surface area contributed by atoms with Gasteiger partial charge in [-0.1, -0.05) is 17.4 Å². The van der Waals surface area contributed by atoms with Gasteiger partial charge >= 0.3 is 0 Å². The van der Waals surface area contributed by atoms with Gasteiger partial charge in [0.05, 0.1) is 16.5 Å². The van der Waals surface area contributed by atoms with E-state index >= 15 is 0 Å². The van der Waals surface area contributed by atoms with Gasteiger partial charge in [0.15, 0.2) is 11.3 Å². The standard InChI is InChI=1S/C13H9NO2S/c1-9-2-3-10(7-14)6-12(9)16-13-5-4-11(8-15)17-13/h2-6,8H,1H3. The molecule has 0 saturated carbocycles. The summed E-state index contributed by atoms with van der Waals surface area (Å²) in [5.74, 6) is 0.642. The second kappa shape index (κ2) is 4.81. The van der Waals surface area contributed by atoms with E-state index in [4.69, 9.17) is 10.00 Å². The summed E-state index contributed by atoms with van der Waals surface area (Å²) in [5.41, 5.74) is 1.50. The first-order chi connectivity index (χ1) is 8.22. The van der Waals surface area contributed by atoms with Crippen molar-refractivity contribution in [3.8, 4) is 16.9 Å². The predicted molar refractivity (Wildman–Crippen MR) is 65.7 cm³/mol. The highest BCUT2D eigenvalue weighted by atomic mass is 32.1. The lowest BCUT2D eigenvalue weighted by atomic mass is 10.1. The third-order valence-electron chi connectivity index (χ3n) is 2.25. The maximum atomic E-state index is 10.6. The molecule has 0 bridgehead atoms. The van der Waals surface area contributed by atoms with Gasteiger partial charge in [-0.3, -0.25) is 4.79 Å². The van der Waals surface area contributed by atoms with Gasteiger partial charge in [0.1, 0.15) is 5.75 Å². The van der Waals surface area contributed by atoms with Gasteiger partial charge in [-0.05, 0) is 36.8 Å². The van der Waals surface area contributed by atoms with E-state index in [0.29, 0.717) is 21.3 Å². The summed E-state index contributed by atoms with van der Waals surface area (Å²) in [5, 5.41) is 9.46. The van der Waals surface area contributed by atoms with Crippen LogP contribution >= 0.6 is 11.3 Å². The number of rotatable bonds is 3. The van der Waals surface area contributed by atoms with Gasteiger partial charge < -0.3 is 4.74 Å². The molecule has 2 aromatic rings. The molecule has 0 unspecified atom stereocenters. The Balaban J connectivity index is 2.29. The molecule has 2 rings (SSSR count). The zero-order valence-electron chi connectivity index (χ0n) is 9.14. The molecule has 17 heavy (non-hydrogen) atoms. The Labute approximate surface area is 103 Å². The molecule has 1 heterocycles. The Hall–Kier alpha value is -2.12. The average molecular weight is 243 g/mol. The van der Waals surface area contributed by atoms with Crippen molar-refractivity contribution in [1.82, 2.24) is 0 Å². The van der Waals surface area contributed by atoms with Crippen LogP contribution in [-0.2, 0) is 0 Å². The van der Waals surface area contributed by atoms with Crippen LogP contribution in [0.25, 0.3) is 0 Å². The minimum Gasteiger partial charge on any atom is -0.446 e. The maximum Gasteiger partial charge on any atom is 0.181 e. The second-order valence-corrected chi connectivity index (χ2v) is 4.55. The highest BCUT2D eigenvalue weighted by molar-refractivity contribution is 7.15. The van der Waals surface area contributed by atoms with Crippen LogP contribution in [-0.4, -0.2) is 6.29 Å². The van der Waals surface area contributed by atoms with Crippen LogP contribution in [0, 0.1) is 18.3 Å². The molecule has 0 N–H and O–H groups in total. The average Bonchev–Trinajstić information content (AvgIpc) is 2.80. The molecule has 0 fully saturated rings. The largest absolute Gasteiger partial charge is 0.446 e. The monoisotopic (exact) mass is 243 g/mol. The number of aldehydes is 1. The van der Waals surface area contributed by atoms with Crippen molar-refractivity contribution < 1.29 is 9.53 Å². The van der Waals surface area contributed by atoms with Crippen LogP contribution in [0.1, 0.15) is 20.8 Å². The fourth-order valence-corrected chi connectivity index (χ4v) is 2.02. The fraction of sp³-hybridized carbons (Fsp3) is 0.0769. The number of nitrogens with zero attached hydrogens (tertiary/aromatic N) is 1. The van der Waals surface area contributed by atoms with Crippen molar-refractivity contribution >= 4 is 17.6 Å². The molecule has 0 aliphatic carbocycles. The molecule has 0 atom stereocenters. The highest BCUT2D eigenvalue weighted by Gasteiger charge is 2.05. The van der Waals surface area contributed by atoms with Gasteiger partial charge in [0.2, 0.25) is 0 Å². The van der Waals surface area contributed by atoms with Gasteiger partial charge in [-0.2, -0.15) is 5.26 Å². The Morgan fingerprint density at radius 1 is 1.35 bits per heavy atom. The van der Waals surface area contributed by atoms with Crippen LogP contribution in [0.2, 0.25) is 0 Å². The fourth-order valence-electron chi connectivity index (χ4n) is 1.34. The molecular formula is C13H9NO2S. The highest BCUT2D eigenvalue weighted by Crippen LogP contribution is 2.31. The van der Waals surface area contributed by atoms with E-state index in [1.165, 1.54) is 11.3 Å². The molecule has 4 heteroatoms. The number of thiophene rings is 1. The number of benzene rings is 1. The lowest BCUT2D eigenvalue weighted by molar-refractivity contribution is 0.112.